The van der Waals surface area contributed by atoms with E-state index in [0.29, 0.717) is 33.7 Å². The summed E-state index contributed by atoms with van der Waals surface area (Å²) in [6, 6.07) is 31.6. The summed E-state index contributed by atoms with van der Waals surface area (Å²) in [7, 11) is 1.60. The van der Waals surface area contributed by atoms with Crippen molar-refractivity contribution < 1.29 is 18.7 Å². The first-order chi connectivity index (χ1) is 23.8. The van der Waals surface area contributed by atoms with Crippen LogP contribution in [0.4, 0.5) is 5.69 Å². The van der Waals surface area contributed by atoms with Gasteiger partial charge in [0.15, 0.2) is 12.4 Å². The second-order valence-corrected chi connectivity index (χ2v) is 11.7. The molecule has 0 spiro atoms. The van der Waals surface area contributed by atoms with E-state index in [1.807, 2.05) is 106 Å². The summed E-state index contributed by atoms with van der Waals surface area (Å²) in [5, 5.41) is 8.71. The van der Waals surface area contributed by atoms with Gasteiger partial charge in [-0.1, -0.05) is 35.9 Å². The maximum absolute atomic E-state index is 13.8. The lowest BCUT2D eigenvalue weighted by molar-refractivity contribution is -0.118. The normalized spacial score (nSPS) is 11.4. The monoisotopic (exact) mass is 651 g/mol. The van der Waals surface area contributed by atoms with E-state index in [9.17, 15) is 9.59 Å². The number of methoxy groups -OCH3 is 1. The Morgan fingerprint density at radius 3 is 2.47 bits per heavy atom. The molecule has 49 heavy (non-hydrogen) atoms. The van der Waals surface area contributed by atoms with Gasteiger partial charge in [0.05, 0.1) is 29.6 Å². The number of ether oxygens (including phenoxy) is 2. The highest BCUT2D eigenvalue weighted by Gasteiger charge is 2.18. The van der Waals surface area contributed by atoms with E-state index in [1.54, 1.807) is 31.5 Å². The molecular formula is C39H33N5O5. The summed E-state index contributed by atoms with van der Waals surface area (Å²) >= 11 is 0. The van der Waals surface area contributed by atoms with E-state index in [0.717, 1.165) is 39.3 Å². The maximum atomic E-state index is 13.8. The SMILES string of the molecule is COc1cccc2oc(-c3nc4ccccc4c(=O)n3N=Cc3cc(C)n(-c4ccc(OCC(=O)Nc5ccc(C)cc5)cc4)c3C)cc12. The van der Waals surface area contributed by atoms with Gasteiger partial charge in [-0.3, -0.25) is 9.59 Å². The summed E-state index contributed by atoms with van der Waals surface area (Å²) in [6.45, 7) is 5.87. The van der Waals surface area contributed by atoms with Gasteiger partial charge in [-0.05, 0) is 93.6 Å². The van der Waals surface area contributed by atoms with Gasteiger partial charge < -0.3 is 23.8 Å². The molecule has 3 heterocycles. The summed E-state index contributed by atoms with van der Waals surface area (Å²) in [4.78, 5) is 31.0. The average Bonchev–Trinajstić information content (AvgIpc) is 3.68. The van der Waals surface area contributed by atoms with Crippen molar-refractivity contribution in [3.63, 3.8) is 0 Å². The van der Waals surface area contributed by atoms with Gasteiger partial charge in [-0.25, -0.2) is 4.98 Å². The summed E-state index contributed by atoms with van der Waals surface area (Å²) in [5.74, 6) is 1.65. The molecule has 7 rings (SSSR count). The number of amides is 1. The van der Waals surface area contributed by atoms with Crippen molar-refractivity contribution in [3.05, 3.63) is 136 Å². The highest BCUT2D eigenvalue weighted by molar-refractivity contribution is 5.92. The molecule has 0 aliphatic carbocycles. The van der Waals surface area contributed by atoms with E-state index in [4.69, 9.17) is 18.9 Å². The number of hydrogen-bond acceptors (Lipinski definition) is 7. The summed E-state index contributed by atoms with van der Waals surface area (Å²) in [6.07, 6.45) is 1.66. The van der Waals surface area contributed by atoms with Gasteiger partial charge in [-0.2, -0.15) is 9.78 Å². The molecule has 0 saturated carbocycles. The van der Waals surface area contributed by atoms with Crippen LogP contribution in [0.25, 0.3) is 39.1 Å². The van der Waals surface area contributed by atoms with E-state index < -0.39 is 0 Å². The number of aromatic nitrogens is 3. The predicted molar refractivity (Wildman–Crippen MR) is 191 cm³/mol. The largest absolute Gasteiger partial charge is 0.496 e. The van der Waals surface area contributed by atoms with Crippen molar-refractivity contribution >= 4 is 39.7 Å². The van der Waals surface area contributed by atoms with Gasteiger partial charge >= 0.3 is 0 Å². The van der Waals surface area contributed by atoms with Crippen LogP contribution in [-0.2, 0) is 4.79 Å². The van der Waals surface area contributed by atoms with Crippen LogP contribution in [0.5, 0.6) is 11.5 Å². The third kappa shape index (κ3) is 6.19. The van der Waals surface area contributed by atoms with Crippen LogP contribution in [0.2, 0.25) is 0 Å². The molecule has 7 aromatic rings. The Hall–Kier alpha value is -6.42. The average molecular weight is 652 g/mol. The number of carbonyl (C=O) groups excluding carboxylic acids is 1. The zero-order valence-corrected chi connectivity index (χ0v) is 27.4. The zero-order chi connectivity index (χ0) is 34.1. The van der Waals surface area contributed by atoms with Gasteiger partial charge in [0.1, 0.15) is 17.1 Å². The van der Waals surface area contributed by atoms with Crippen molar-refractivity contribution in [2.45, 2.75) is 20.8 Å². The fraction of sp³-hybridized carbons (Fsp3) is 0.128. The van der Waals surface area contributed by atoms with Crippen molar-refractivity contribution in [1.82, 2.24) is 14.2 Å². The molecule has 244 valence electrons. The molecular weight excluding hydrogens is 618 g/mol. The Balaban J connectivity index is 1.16. The van der Waals surface area contributed by atoms with E-state index in [1.165, 1.54) is 4.68 Å². The number of fused-ring (bicyclic) bond motifs is 2. The first-order valence-electron chi connectivity index (χ1n) is 15.7. The first-order valence-corrected chi connectivity index (χ1v) is 15.7. The fourth-order valence-corrected chi connectivity index (χ4v) is 5.82. The van der Waals surface area contributed by atoms with Crippen LogP contribution in [0, 0.1) is 20.8 Å². The van der Waals surface area contributed by atoms with Gasteiger partial charge in [0.25, 0.3) is 11.5 Å². The topological polar surface area (TPSA) is 113 Å². The number of nitrogens with one attached hydrogen (secondary N) is 1. The molecule has 10 nitrogen and oxygen atoms in total. The van der Waals surface area contributed by atoms with E-state index in [-0.39, 0.29) is 23.9 Å². The number of hydrogen-bond donors (Lipinski definition) is 1. The molecule has 0 aliphatic rings. The Morgan fingerprint density at radius 2 is 1.69 bits per heavy atom. The van der Waals surface area contributed by atoms with Crippen molar-refractivity contribution in [1.29, 1.82) is 0 Å². The lowest BCUT2D eigenvalue weighted by Gasteiger charge is -2.12. The Labute approximate surface area is 281 Å². The highest BCUT2D eigenvalue weighted by Crippen LogP contribution is 2.33. The van der Waals surface area contributed by atoms with Crippen LogP contribution in [-0.4, -0.2) is 40.1 Å². The molecule has 0 fully saturated rings. The lowest BCUT2D eigenvalue weighted by Crippen LogP contribution is -2.20. The number of nitrogens with zero attached hydrogens (tertiary/aromatic N) is 4. The van der Waals surface area contributed by atoms with Crippen molar-refractivity contribution in [2.24, 2.45) is 5.10 Å². The molecule has 4 aromatic carbocycles. The Morgan fingerprint density at radius 1 is 0.918 bits per heavy atom. The lowest BCUT2D eigenvalue weighted by atomic mass is 10.2. The minimum Gasteiger partial charge on any atom is -0.496 e. The number of furan rings is 1. The fourth-order valence-electron chi connectivity index (χ4n) is 5.82. The minimum absolute atomic E-state index is 0.109. The Kier molecular flexibility index (Phi) is 8.27. The molecule has 0 bridgehead atoms. The van der Waals surface area contributed by atoms with Crippen molar-refractivity contribution in [3.8, 4) is 28.8 Å². The number of anilines is 1. The minimum atomic E-state index is -0.318. The second kappa shape index (κ2) is 13.0. The van der Waals surface area contributed by atoms with Gasteiger partial charge in [-0.15, -0.1) is 0 Å². The molecule has 0 radical (unpaired) electrons. The predicted octanol–water partition coefficient (Wildman–Crippen LogP) is 7.43. The van der Waals surface area contributed by atoms with Crippen LogP contribution in [0.15, 0.2) is 117 Å². The number of carbonyl (C=O) groups is 1. The first kappa shape index (κ1) is 31.2. The number of rotatable bonds is 9. The van der Waals surface area contributed by atoms with Crippen molar-refractivity contribution in [2.75, 3.05) is 19.0 Å². The summed E-state index contributed by atoms with van der Waals surface area (Å²) in [5.41, 5.74) is 6.30. The third-order valence-corrected chi connectivity index (χ3v) is 8.30. The van der Waals surface area contributed by atoms with E-state index >= 15 is 0 Å². The summed E-state index contributed by atoms with van der Waals surface area (Å²) < 4.78 is 20.8. The van der Waals surface area contributed by atoms with Crippen LogP contribution < -0.4 is 20.3 Å². The molecule has 3 aromatic heterocycles. The van der Waals surface area contributed by atoms with E-state index in [2.05, 4.69) is 15.0 Å². The Bertz CT molecular complexity index is 2420. The van der Waals surface area contributed by atoms with Crippen LogP contribution >= 0.6 is 0 Å². The molecule has 1 amide bonds. The zero-order valence-electron chi connectivity index (χ0n) is 27.4. The van der Waals surface area contributed by atoms with Gasteiger partial charge in [0, 0.05) is 28.3 Å². The maximum Gasteiger partial charge on any atom is 0.282 e. The smallest absolute Gasteiger partial charge is 0.282 e. The molecule has 0 saturated heterocycles. The molecule has 0 atom stereocenters. The molecule has 10 heteroatoms. The quantitative estimate of drug-likeness (QED) is 0.163. The number of benzene rings is 4. The third-order valence-electron chi connectivity index (χ3n) is 8.30. The number of aryl methyl sites for hydroxylation is 2. The van der Waals surface area contributed by atoms with Crippen LogP contribution in [0.3, 0.4) is 0 Å². The molecule has 0 aliphatic heterocycles. The highest BCUT2D eigenvalue weighted by atomic mass is 16.5. The number of para-hydroxylation sites is 1. The molecule has 0 unspecified atom stereocenters. The molecule has 1 N–H and O–H groups in total. The second-order valence-electron chi connectivity index (χ2n) is 11.7. The van der Waals surface area contributed by atoms with Crippen LogP contribution in [0.1, 0.15) is 22.5 Å². The van der Waals surface area contributed by atoms with Gasteiger partial charge in [0.2, 0.25) is 5.82 Å². The standard InChI is InChI=1S/C39H33N5O5/c1-24-12-14-28(15-13-24)41-37(45)23-48-30-18-16-29(17-19-30)43-25(2)20-27(26(43)3)22-40-44-38(42-33-9-6-5-8-31(33)39(44)46)36-21-32-34(47-4)10-7-11-35(32)49-36/h5-22H,23H2,1-4H3,(H,41,45).